The minimum atomic E-state index is -1.75. The SMILES string of the molecule is O.O.O.O.O.O.O=[N+]([O-])[O-].O=[N+]([O-])[O-].O=[N+]([O-])[O-].O=[N+]([O-])[O-].[Ti+4]. The van der Waals surface area contributed by atoms with Gasteiger partial charge in [-0.1, -0.05) is 0 Å². The van der Waals surface area contributed by atoms with E-state index in [1.54, 1.807) is 0 Å². The third-order valence-electron chi connectivity index (χ3n) is 0. The predicted molar refractivity (Wildman–Crippen MR) is 63.1 cm³/mol. The summed E-state index contributed by atoms with van der Waals surface area (Å²) in [7, 11) is 0. The van der Waals surface area contributed by atoms with Gasteiger partial charge in [-0.2, -0.15) is 0 Å². The summed E-state index contributed by atoms with van der Waals surface area (Å²) in [6, 6.07) is 0. The Balaban J connectivity index is -0.00000000842. The van der Waals surface area contributed by atoms with Crippen LogP contribution in [0.5, 0.6) is 0 Å². The first-order valence-corrected chi connectivity index (χ1v) is 2.19. The Hall–Kier alpha value is -2.73. The Morgan fingerprint density at radius 1 is 0.348 bits per heavy atom. The molecule has 0 heterocycles. The molecule has 0 aliphatic carbocycles. The molecule has 0 aliphatic heterocycles. The fraction of sp³-hybridized carbons (Fsp3) is 0. The molecule has 144 valence electrons. The van der Waals surface area contributed by atoms with Crippen molar-refractivity contribution in [3.05, 3.63) is 61.3 Å². The zero-order valence-corrected chi connectivity index (χ0v) is 11.7. The van der Waals surface area contributed by atoms with E-state index in [9.17, 15) is 0 Å². The quantitative estimate of drug-likeness (QED) is 0.207. The molecule has 0 atom stereocenters. The van der Waals surface area contributed by atoms with E-state index in [0.29, 0.717) is 0 Å². The van der Waals surface area contributed by atoms with Crippen molar-refractivity contribution in [2.24, 2.45) is 0 Å². The van der Waals surface area contributed by atoms with Crippen molar-refractivity contribution in [1.29, 1.82) is 0 Å². The first-order chi connectivity index (χ1) is 6.93. The molecule has 0 fully saturated rings. The fourth-order valence-electron chi connectivity index (χ4n) is 0. The largest absolute Gasteiger partial charge is 4.00 e. The zero-order chi connectivity index (χ0) is 14.3. The van der Waals surface area contributed by atoms with E-state index >= 15 is 0 Å². The van der Waals surface area contributed by atoms with Gasteiger partial charge in [0.15, 0.2) is 0 Å². The van der Waals surface area contributed by atoms with Gasteiger partial charge in [-0.15, -0.1) is 0 Å². The van der Waals surface area contributed by atoms with Crippen LogP contribution in [-0.2, 0) is 21.7 Å². The van der Waals surface area contributed by atoms with Crippen LogP contribution in [0.2, 0.25) is 0 Å². The van der Waals surface area contributed by atoms with E-state index in [4.69, 9.17) is 61.3 Å². The van der Waals surface area contributed by atoms with Crippen LogP contribution >= 0.6 is 0 Å². The van der Waals surface area contributed by atoms with Crippen molar-refractivity contribution >= 4 is 0 Å². The topological polar surface area (TPSA) is 454 Å². The molecule has 0 unspecified atom stereocenters. The molecule has 0 spiro atoms. The number of rotatable bonds is 0. The molecule has 0 aromatic heterocycles. The van der Waals surface area contributed by atoms with Crippen molar-refractivity contribution in [3.8, 4) is 0 Å². The van der Waals surface area contributed by atoms with Crippen LogP contribution < -0.4 is 0 Å². The van der Waals surface area contributed by atoms with Gasteiger partial charge in [-0.25, -0.2) is 0 Å². The standard InChI is InChI=1S/4NO3.6H2O.Ti/c4*2-1(3)4;;;;;;;/h;;;;6*1H2;/q4*-1;;;;;;;+4. The average molecular weight is 404 g/mol. The van der Waals surface area contributed by atoms with Crippen molar-refractivity contribution in [2.45, 2.75) is 0 Å². The summed E-state index contributed by atoms with van der Waals surface area (Å²) < 4.78 is 0. The van der Waals surface area contributed by atoms with Gasteiger partial charge < -0.3 is 94.1 Å². The van der Waals surface area contributed by atoms with Gasteiger partial charge >= 0.3 is 21.7 Å². The van der Waals surface area contributed by atoms with E-state index in [-0.39, 0.29) is 54.6 Å². The van der Waals surface area contributed by atoms with Crippen LogP contribution in [0.15, 0.2) is 0 Å². The molecule has 23 heavy (non-hydrogen) atoms. The van der Waals surface area contributed by atoms with Crippen LogP contribution in [0.4, 0.5) is 0 Å². The Bertz CT molecular complexity index is 161. The second-order valence-corrected chi connectivity index (χ2v) is 0.894. The van der Waals surface area contributed by atoms with Gasteiger partial charge in [-0.3, -0.25) is 0 Å². The summed E-state index contributed by atoms with van der Waals surface area (Å²) in [5, 5.41) is 59.0. The molecule has 0 aromatic carbocycles. The van der Waals surface area contributed by atoms with Crippen LogP contribution in [0.3, 0.4) is 0 Å². The Labute approximate surface area is 137 Å². The van der Waals surface area contributed by atoms with Crippen LogP contribution in [0.25, 0.3) is 0 Å². The van der Waals surface area contributed by atoms with Gasteiger partial charge in [0.25, 0.3) is 0 Å². The van der Waals surface area contributed by atoms with Gasteiger partial charge in [0.1, 0.15) is 0 Å². The molecule has 0 radical (unpaired) electrons. The molecule has 0 saturated carbocycles. The smallest absolute Gasteiger partial charge is 0.412 e. The molecule has 22 nitrogen and oxygen atoms in total. The summed E-state index contributed by atoms with van der Waals surface area (Å²) in [6.45, 7) is 0. The van der Waals surface area contributed by atoms with Crippen molar-refractivity contribution in [2.75, 3.05) is 0 Å². The second kappa shape index (κ2) is 74.8. The molecule has 12 N–H and O–H groups in total. The minimum Gasteiger partial charge on any atom is -0.412 e. The summed E-state index contributed by atoms with van der Waals surface area (Å²) >= 11 is 0. The van der Waals surface area contributed by atoms with Crippen LogP contribution in [-0.4, -0.2) is 53.2 Å². The Kier molecular flexibility index (Phi) is 285. The normalized spacial score (nSPS) is 4.17. The first-order valence-electron chi connectivity index (χ1n) is 2.19. The molecule has 23 heteroatoms. The maximum absolute atomic E-state index is 8.25. The van der Waals surface area contributed by atoms with E-state index in [1.807, 2.05) is 0 Å². The average Bonchev–Trinajstić information content (AvgIpc) is 1.76. The Morgan fingerprint density at radius 3 is 0.348 bits per heavy atom. The van der Waals surface area contributed by atoms with Gasteiger partial charge in [0, 0.05) is 0 Å². The summed E-state index contributed by atoms with van der Waals surface area (Å²) in [5.41, 5.74) is 0. The third kappa shape index (κ3) is 774. The van der Waals surface area contributed by atoms with Crippen molar-refractivity contribution < 1.29 is 74.9 Å². The van der Waals surface area contributed by atoms with E-state index in [1.165, 1.54) is 0 Å². The summed E-state index contributed by atoms with van der Waals surface area (Å²) in [5.74, 6) is 0. The van der Waals surface area contributed by atoms with Crippen molar-refractivity contribution in [1.82, 2.24) is 0 Å². The molecule has 0 rings (SSSR count). The minimum absolute atomic E-state index is 0. The molecule has 0 saturated heterocycles. The zero-order valence-electron chi connectivity index (χ0n) is 10.2. The molecular formula is H12N4O18Ti. The maximum Gasteiger partial charge on any atom is 4.00 e. The second-order valence-electron chi connectivity index (χ2n) is 0.894. The number of nitrogens with zero attached hydrogens (tertiary/aromatic N) is 4. The van der Waals surface area contributed by atoms with Crippen LogP contribution in [0, 0.1) is 61.3 Å². The third-order valence-corrected chi connectivity index (χ3v) is 0. The van der Waals surface area contributed by atoms with E-state index < -0.39 is 20.3 Å². The molecule has 0 amide bonds. The molecular weight excluding hydrogens is 392 g/mol. The molecule has 0 bridgehead atoms. The summed E-state index contributed by atoms with van der Waals surface area (Å²) in [4.78, 5) is 33.0. The van der Waals surface area contributed by atoms with Crippen molar-refractivity contribution in [3.63, 3.8) is 0 Å². The van der Waals surface area contributed by atoms with Gasteiger partial charge in [0.05, 0.1) is 20.3 Å². The van der Waals surface area contributed by atoms with E-state index in [2.05, 4.69) is 0 Å². The van der Waals surface area contributed by atoms with Gasteiger partial charge in [0.2, 0.25) is 0 Å². The molecule has 0 aromatic rings. The predicted octanol–water partition coefficient (Wildman–Crippen LogP) is -5.91. The first kappa shape index (κ1) is 87.6. The fourth-order valence-corrected chi connectivity index (χ4v) is 0. The van der Waals surface area contributed by atoms with Crippen LogP contribution in [0.1, 0.15) is 0 Å². The molecule has 0 aliphatic rings. The van der Waals surface area contributed by atoms with E-state index in [0.717, 1.165) is 0 Å². The maximum atomic E-state index is 8.25. The number of hydrogen-bond acceptors (Lipinski definition) is 12. The van der Waals surface area contributed by atoms with Gasteiger partial charge in [-0.05, 0) is 0 Å². The number of hydrogen-bond donors (Lipinski definition) is 0. The summed E-state index contributed by atoms with van der Waals surface area (Å²) in [6.07, 6.45) is 0. The Morgan fingerprint density at radius 2 is 0.348 bits per heavy atom. The monoisotopic (exact) mass is 404 g/mol.